The number of rotatable bonds is 8. The van der Waals surface area contributed by atoms with Gasteiger partial charge in [-0.25, -0.2) is 23.4 Å². The number of carbonyl (C=O) groups excluding carboxylic acids is 1. The van der Waals surface area contributed by atoms with Gasteiger partial charge >= 0.3 is 11.8 Å². The summed E-state index contributed by atoms with van der Waals surface area (Å²) in [5.41, 5.74) is 9.45. The Morgan fingerprint density at radius 2 is 1.86 bits per heavy atom. The molecule has 44 heavy (non-hydrogen) atoms. The summed E-state index contributed by atoms with van der Waals surface area (Å²) in [6.07, 6.45) is 5.01. The number of nitrogens with two attached hydrogens (primary N) is 1. The van der Waals surface area contributed by atoms with Crippen LogP contribution in [0.5, 0.6) is 5.75 Å². The Balaban J connectivity index is 0.000000712. The Labute approximate surface area is 251 Å². The summed E-state index contributed by atoms with van der Waals surface area (Å²) in [4.78, 5) is 30.9. The largest absolute Gasteiger partial charge is 0.491 e. The van der Waals surface area contributed by atoms with Crippen LogP contribution in [0.4, 0.5) is 13.6 Å². The number of fused-ring (bicyclic) bond motifs is 3. The first-order chi connectivity index (χ1) is 21.1. The number of amides is 1. The molecular weight excluding hydrogens is 576 g/mol. The third-order valence-corrected chi connectivity index (χ3v) is 7.64. The number of primary amides is 1. The van der Waals surface area contributed by atoms with E-state index in [2.05, 4.69) is 25.5 Å². The number of aromatic amines is 1. The minimum atomic E-state index is -2.53. The molecule has 234 valence electrons. The molecule has 0 unspecified atom stereocenters. The first kappa shape index (κ1) is 30.7. The number of benzene rings is 1. The van der Waals surface area contributed by atoms with Crippen molar-refractivity contribution in [3.63, 3.8) is 0 Å². The fourth-order valence-corrected chi connectivity index (χ4v) is 5.65. The molecule has 14 heteroatoms. The summed E-state index contributed by atoms with van der Waals surface area (Å²) in [5, 5.41) is 14.5. The maximum atomic E-state index is 13.5. The van der Waals surface area contributed by atoms with Crippen LogP contribution in [0, 0.1) is 0 Å². The highest BCUT2D eigenvalue weighted by atomic mass is 19.3. The van der Waals surface area contributed by atoms with Crippen molar-refractivity contribution in [2.24, 2.45) is 12.8 Å². The smallest absolute Gasteiger partial charge is 0.404 e. The number of aliphatic hydroxyl groups excluding tert-OH is 1. The fourth-order valence-electron chi connectivity index (χ4n) is 5.65. The third kappa shape index (κ3) is 6.16. The van der Waals surface area contributed by atoms with Crippen LogP contribution in [0.25, 0.3) is 44.5 Å². The lowest BCUT2D eigenvalue weighted by Crippen LogP contribution is -2.24. The molecule has 1 aliphatic carbocycles. The number of alkyl halides is 2. The van der Waals surface area contributed by atoms with E-state index in [1.54, 1.807) is 37.1 Å². The highest BCUT2D eigenvalue weighted by Crippen LogP contribution is 2.42. The zero-order chi connectivity index (χ0) is 31.5. The molecule has 0 spiro atoms. The maximum absolute atomic E-state index is 13.5. The average Bonchev–Trinajstić information content (AvgIpc) is 3.79. The van der Waals surface area contributed by atoms with Crippen molar-refractivity contribution in [2.45, 2.75) is 57.7 Å². The quantitative estimate of drug-likeness (QED) is 0.232. The van der Waals surface area contributed by atoms with Gasteiger partial charge in [-0.3, -0.25) is 13.8 Å². The first-order valence-electron chi connectivity index (χ1n) is 14.3. The number of pyridine rings is 1. The van der Waals surface area contributed by atoms with Crippen molar-refractivity contribution < 1.29 is 28.2 Å². The zero-order valence-corrected chi connectivity index (χ0v) is 24.7. The lowest BCUT2D eigenvalue weighted by molar-refractivity contribution is 0.122. The molecule has 1 aliphatic rings. The molecule has 12 nitrogen and oxygen atoms in total. The van der Waals surface area contributed by atoms with Crippen molar-refractivity contribution in [1.29, 1.82) is 0 Å². The monoisotopic (exact) mass is 611 g/mol. The molecular formula is C30H35F2N7O5. The Kier molecular flexibility index (Phi) is 8.99. The third-order valence-electron chi connectivity index (χ3n) is 7.64. The number of aromatic nitrogens is 6. The Morgan fingerprint density at radius 3 is 2.48 bits per heavy atom. The van der Waals surface area contributed by atoms with Crippen LogP contribution in [0.3, 0.4) is 0 Å². The van der Waals surface area contributed by atoms with Crippen molar-refractivity contribution >= 4 is 28.2 Å². The number of aryl methyl sites for hydroxylation is 1. The number of hydrogen-bond donors (Lipinski definition) is 3. The first-order valence-corrected chi connectivity index (χ1v) is 14.3. The number of hydrogen-bond acceptors (Lipinski definition) is 7. The van der Waals surface area contributed by atoms with Gasteiger partial charge in [0.1, 0.15) is 24.5 Å². The number of imidazole rings is 1. The van der Waals surface area contributed by atoms with Gasteiger partial charge in [0.15, 0.2) is 0 Å². The Morgan fingerprint density at radius 1 is 1.18 bits per heavy atom. The van der Waals surface area contributed by atoms with Gasteiger partial charge in [0.25, 0.3) is 6.43 Å². The number of carbonyl (C=O) groups is 1. The van der Waals surface area contributed by atoms with E-state index in [0.29, 0.717) is 22.7 Å². The predicted octanol–water partition coefficient (Wildman–Crippen LogP) is 4.60. The van der Waals surface area contributed by atoms with E-state index in [0.717, 1.165) is 53.2 Å². The molecule has 1 aromatic carbocycles. The molecule has 4 aromatic heterocycles. The number of methoxy groups -OCH3 is 1. The number of H-pyrrole nitrogens is 1. The number of ether oxygens (including phenoxy) is 2. The van der Waals surface area contributed by atoms with Crippen molar-refractivity contribution in [3.05, 3.63) is 53.3 Å². The second-order valence-electron chi connectivity index (χ2n) is 10.8. The second-order valence-corrected chi connectivity index (χ2v) is 10.8. The number of nitrogens with one attached hydrogen (secondary N) is 1. The Hall–Kier alpha value is -4.72. The number of halogens is 2. The fraction of sp³-hybridized carbons (Fsp3) is 0.400. The molecule has 4 heterocycles. The SMILES string of the molecule is COC(N)=O.C[C@@H](O)COc1ccc(-c2c(-c3cnn(CC(F)F)c3)[nH]c3ncc4c(c23)n(C2CCCC2)c(=O)n4C)cc1. The van der Waals surface area contributed by atoms with Crippen molar-refractivity contribution in [1.82, 2.24) is 28.9 Å². The minimum absolute atomic E-state index is 0.0773. The van der Waals surface area contributed by atoms with Crippen molar-refractivity contribution in [2.75, 3.05) is 13.7 Å². The summed E-state index contributed by atoms with van der Waals surface area (Å²) in [6, 6.07) is 7.56. The van der Waals surface area contributed by atoms with E-state index >= 15 is 0 Å². The minimum Gasteiger partial charge on any atom is -0.491 e. The van der Waals surface area contributed by atoms with Crippen LogP contribution in [0.1, 0.15) is 38.6 Å². The molecule has 1 atom stereocenters. The molecule has 5 aromatic rings. The van der Waals surface area contributed by atoms with Gasteiger partial charge in [0.2, 0.25) is 0 Å². The zero-order valence-electron chi connectivity index (χ0n) is 24.7. The van der Waals surface area contributed by atoms with Gasteiger partial charge in [0, 0.05) is 30.4 Å². The summed E-state index contributed by atoms with van der Waals surface area (Å²) >= 11 is 0. The van der Waals surface area contributed by atoms with Crippen LogP contribution in [0.15, 0.2) is 47.7 Å². The molecule has 0 bridgehead atoms. The molecule has 0 saturated heterocycles. The summed E-state index contributed by atoms with van der Waals surface area (Å²) in [6.45, 7) is 1.32. The van der Waals surface area contributed by atoms with Crippen LogP contribution in [-0.2, 0) is 18.3 Å². The van der Waals surface area contributed by atoms with Gasteiger partial charge in [0.05, 0.1) is 47.7 Å². The van der Waals surface area contributed by atoms with Crippen LogP contribution in [0.2, 0.25) is 0 Å². The van der Waals surface area contributed by atoms with Gasteiger partial charge in [-0.15, -0.1) is 0 Å². The standard InChI is InChI=1S/C28H30F2N6O3.C2H5NO2/c1-16(37)15-39-20-9-7-17(8-10-20)23-24-26-21(34(2)28(38)36(26)19-5-3-4-6-19)12-31-27(24)33-25(23)18-11-32-35(13-18)14-22(29)30;1-5-2(3)4/h7-13,16,19,22,37H,3-6,14-15H2,1-2H3,(H,31,33);1H3,(H2,3,4)/t16-;/m1./s1. The number of aliphatic hydroxyl groups is 1. The Bertz CT molecular complexity index is 1820. The van der Waals surface area contributed by atoms with Crippen LogP contribution >= 0.6 is 0 Å². The highest BCUT2D eigenvalue weighted by molar-refractivity contribution is 6.14. The molecule has 1 fully saturated rings. The average molecular weight is 612 g/mol. The van der Waals surface area contributed by atoms with Gasteiger partial charge in [-0.2, -0.15) is 5.10 Å². The van der Waals surface area contributed by atoms with Crippen LogP contribution in [-0.4, -0.2) is 66.3 Å². The van der Waals surface area contributed by atoms with E-state index in [4.69, 9.17) is 4.74 Å². The van der Waals surface area contributed by atoms with Gasteiger partial charge < -0.3 is 25.3 Å². The van der Waals surface area contributed by atoms with Crippen molar-refractivity contribution in [3.8, 4) is 28.1 Å². The molecule has 1 amide bonds. The van der Waals surface area contributed by atoms with Gasteiger partial charge in [-0.05, 0) is 37.5 Å². The number of nitrogens with zero attached hydrogens (tertiary/aromatic N) is 5. The normalized spacial score (nSPS) is 14.2. The molecule has 6 rings (SSSR count). The van der Waals surface area contributed by atoms with E-state index in [-0.39, 0.29) is 18.3 Å². The summed E-state index contributed by atoms with van der Waals surface area (Å²) < 4.78 is 40.4. The predicted molar refractivity (Wildman–Crippen MR) is 161 cm³/mol. The lowest BCUT2D eigenvalue weighted by atomic mass is 9.99. The van der Waals surface area contributed by atoms with Gasteiger partial charge in [-0.1, -0.05) is 25.0 Å². The van der Waals surface area contributed by atoms with E-state index in [1.807, 2.05) is 28.8 Å². The topological polar surface area (TPSA) is 155 Å². The molecule has 4 N–H and O–H groups in total. The highest BCUT2D eigenvalue weighted by Gasteiger charge is 2.28. The molecule has 0 aliphatic heterocycles. The van der Waals surface area contributed by atoms with E-state index in [1.165, 1.54) is 11.8 Å². The summed E-state index contributed by atoms with van der Waals surface area (Å²) in [7, 11) is 2.99. The van der Waals surface area contributed by atoms with Crippen LogP contribution < -0.4 is 16.2 Å². The summed E-state index contributed by atoms with van der Waals surface area (Å²) in [5.74, 6) is 0.608. The molecule has 1 saturated carbocycles. The molecule has 0 radical (unpaired) electrons. The lowest BCUT2D eigenvalue weighted by Gasteiger charge is -2.13. The maximum Gasteiger partial charge on any atom is 0.404 e. The van der Waals surface area contributed by atoms with E-state index in [9.17, 15) is 23.5 Å². The second kappa shape index (κ2) is 12.9. The van der Waals surface area contributed by atoms with E-state index < -0.39 is 25.2 Å².